The molecule has 0 fully saturated rings. The Labute approximate surface area is 71.7 Å². The molecular weight excluding hydrogens is 162 g/mol. The third kappa shape index (κ3) is 4.63. The fourth-order valence-corrected chi connectivity index (χ4v) is 0.876. The Morgan fingerprint density at radius 2 is 1.75 bits per heavy atom. The van der Waals surface area contributed by atoms with Gasteiger partial charge >= 0.3 is 0 Å². The SMILES string of the molecule is CNC[C@H](O)C[C@H](O)[C@H](O)CO. The number of nitrogens with one attached hydrogen (secondary N) is 1. The molecule has 5 heteroatoms. The van der Waals surface area contributed by atoms with Crippen LogP contribution < -0.4 is 5.32 Å². The molecule has 0 spiro atoms. The monoisotopic (exact) mass is 179 g/mol. The maximum absolute atomic E-state index is 9.15. The first-order valence-electron chi connectivity index (χ1n) is 3.91. The summed E-state index contributed by atoms with van der Waals surface area (Å²) in [5.41, 5.74) is 0. The highest BCUT2D eigenvalue weighted by atomic mass is 16.4. The highest BCUT2D eigenvalue weighted by Crippen LogP contribution is 2.02. The number of aliphatic hydroxyl groups excluding tert-OH is 4. The van der Waals surface area contributed by atoms with Crippen molar-refractivity contribution in [1.29, 1.82) is 0 Å². The maximum atomic E-state index is 9.15. The van der Waals surface area contributed by atoms with Crippen molar-refractivity contribution in [1.82, 2.24) is 5.32 Å². The van der Waals surface area contributed by atoms with Gasteiger partial charge in [0.1, 0.15) is 6.10 Å². The first-order chi connectivity index (χ1) is 5.61. The summed E-state index contributed by atoms with van der Waals surface area (Å²) in [6.07, 6.45) is -2.89. The number of rotatable bonds is 6. The normalized spacial score (nSPS) is 18.8. The zero-order valence-electron chi connectivity index (χ0n) is 7.14. The zero-order valence-corrected chi connectivity index (χ0v) is 7.14. The van der Waals surface area contributed by atoms with Gasteiger partial charge in [0.05, 0.1) is 18.8 Å². The van der Waals surface area contributed by atoms with Crippen molar-refractivity contribution in [3.05, 3.63) is 0 Å². The van der Waals surface area contributed by atoms with E-state index in [1.165, 1.54) is 0 Å². The van der Waals surface area contributed by atoms with Crippen molar-refractivity contribution in [3.8, 4) is 0 Å². The molecule has 0 aliphatic heterocycles. The molecule has 3 atom stereocenters. The molecule has 0 bridgehead atoms. The quantitative estimate of drug-likeness (QED) is 0.315. The van der Waals surface area contributed by atoms with Gasteiger partial charge in [-0.05, 0) is 7.05 Å². The molecule has 0 heterocycles. The molecule has 0 saturated carbocycles. The van der Waals surface area contributed by atoms with Crippen molar-refractivity contribution in [2.45, 2.75) is 24.7 Å². The van der Waals surface area contributed by atoms with Crippen LogP contribution in [0.3, 0.4) is 0 Å². The van der Waals surface area contributed by atoms with Crippen molar-refractivity contribution in [2.24, 2.45) is 0 Å². The Bertz CT molecular complexity index is 112. The van der Waals surface area contributed by atoms with Crippen molar-refractivity contribution in [2.75, 3.05) is 20.2 Å². The van der Waals surface area contributed by atoms with Crippen LogP contribution in [0.2, 0.25) is 0 Å². The Balaban J connectivity index is 3.59. The molecule has 0 saturated heterocycles. The average Bonchev–Trinajstić information content (AvgIpc) is 2.03. The van der Waals surface area contributed by atoms with Crippen molar-refractivity contribution < 1.29 is 20.4 Å². The van der Waals surface area contributed by atoms with E-state index in [9.17, 15) is 0 Å². The Morgan fingerprint density at radius 1 is 1.17 bits per heavy atom. The van der Waals surface area contributed by atoms with E-state index in [-0.39, 0.29) is 6.42 Å². The molecule has 0 aromatic carbocycles. The van der Waals surface area contributed by atoms with E-state index < -0.39 is 24.9 Å². The third-order valence-corrected chi connectivity index (χ3v) is 1.58. The summed E-state index contributed by atoms with van der Waals surface area (Å²) in [6.45, 7) is -0.136. The fraction of sp³-hybridized carbons (Fsp3) is 1.00. The summed E-state index contributed by atoms with van der Waals surface area (Å²) < 4.78 is 0. The molecule has 0 aromatic rings. The molecule has 0 aliphatic carbocycles. The van der Waals surface area contributed by atoms with Crippen LogP contribution >= 0.6 is 0 Å². The smallest absolute Gasteiger partial charge is 0.103 e. The lowest BCUT2D eigenvalue weighted by Crippen LogP contribution is -2.35. The van der Waals surface area contributed by atoms with Gasteiger partial charge in [-0.1, -0.05) is 0 Å². The van der Waals surface area contributed by atoms with Crippen LogP contribution in [0.15, 0.2) is 0 Å². The van der Waals surface area contributed by atoms with Gasteiger partial charge in [0, 0.05) is 13.0 Å². The Kier molecular flexibility index (Phi) is 6.23. The van der Waals surface area contributed by atoms with Crippen molar-refractivity contribution >= 4 is 0 Å². The van der Waals surface area contributed by atoms with Gasteiger partial charge in [0.25, 0.3) is 0 Å². The van der Waals surface area contributed by atoms with Crippen LogP contribution in [0.4, 0.5) is 0 Å². The van der Waals surface area contributed by atoms with Crippen molar-refractivity contribution in [3.63, 3.8) is 0 Å². The summed E-state index contributed by atoms with van der Waals surface area (Å²) in [5, 5.41) is 38.3. The summed E-state index contributed by atoms with van der Waals surface area (Å²) in [5.74, 6) is 0. The van der Waals surface area contributed by atoms with E-state index in [0.29, 0.717) is 6.54 Å². The highest BCUT2D eigenvalue weighted by molar-refractivity contribution is 4.71. The van der Waals surface area contributed by atoms with E-state index in [0.717, 1.165) is 0 Å². The number of aliphatic hydroxyl groups is 4. The predicted octanol–water partition coefficient (Wildman–Crippen LogP) is -2.33. The van der Waals surface area contributed by atoms with Gasteiger partial charge in [0.15, 0.2) is 0 Å². The molecule has 74 valence electrons. The minimum atomic E-state index is -1.17. The van der Waals surface area contributed by atoms with Crippen LogP contribution in [-0.2, 0) is 0 Å². The molecule has 0 aromatic heterocycles. The number of hydrogen-bond acceptors (Lipinski definition) is 5. The van der Waals surface area contributed by atoms with E-state index in [1.807, 2.05) is 0 Å². The van der Waals surface area contributed by atoms with Gasteiger partial charge in [-0.15, -0.1) is 0 Å². The topological polar surface area (TPSA) is 93.0 Å². The molecule has 0 rings (SSSR count). The van der Waals surface area contributed by atoms with E-state index in [4.69, 9.17) is 20.4 Å². The second-order valence-electron chi connectivity index (χ2n) is 2.76. The standard InChI is InChI=1S/C7H17NO4/c1-8-3-5(10)2-6(11)7(12)4-9/h5-12H,2-4H2,1H3/t5-,6+,7-/m1/s1. The van der Waals surface area contributed by atoms with Crippen LogP contribution in [0.1, 0.15) is 6.42 Å². The molecule has 0 aliphatic rings. The van der Waals surface area contributed by atoms with Crippen LogP contribution in [0.25, 0.3) is 0 Å². The van der Waals surface area contributed by atoms with Gasteiger partial charge in [-0.25, -0.2) is 0 Å². The number of likely N-dealkylation sites (N-methyl/N-ethyl adjacent to an activating group) is 1. The summed E-state index contributed by atoms with van der Waals surface area (Å²) in [7, 11) is 1.68. The van der Waals surface area contributed by atoms with E-state index in [1.54, 1.807) is 7.05 Å². The van der Waals surface area contributed by atoms with Crippen LogP contribution in [0, 0.1) is 0 Å². The van der Waals surface area contributed by atoms with Crippen LogP contribution in [0.5, 0.6) is 0 Å². The molecule has 0 unspecified atom stereocenters. The summed E-state index contributed by atoms with van der Waals surface area (Å²) in [4.78, 5) is 0. The molecular formula is C7H17NO4. The predicted molar refractivity (Wildman–Crippen MR) is 43.6 cm³/mol. The largest absolute Gasteiger partial charge is 0.394 e. The molecule has 5 N–H and O–H groups in total. The zero-order chi connectivity index (χ0) is 9.56. The minimum Gasteiger partial charge on any atom is -0.394 e. The lowest BCUT2D eigenvalue weighted by Gasteiger charge is -2.18. The second kappa shape index (κ2) is 6.33. The first-order valence-corrected chi connectivity index (χ1v) is 3.91. The summed E-state index contributed by atoms with van der Waals surface area (Å²) in [6, 6.07) is 0. The third-order valence-electron chi connectivity index (χ3n) is 1.58. The fourth-order valence-electron chi connectivity index (χ4n) is 0.876. The van der Waals surface area contributed by atoms with Gasteiger partial charge in [0.2, 0.25) is 0 Å². The van der Waals surface area contributed by atoms with Gasteiger partial charge in [-0.2, -0.15) is 0 Å². The Hall–Kier alpha value is -0.200. The van der Waals surface area contributed by atoms with Crippen LogP contribution in [-0.4, -0.2) is 58.9 Å². The second-order valence-corrected chi connectivity index (χ2v) is 2.76. The molecule has 12 heavy (non-hydrogen) atoms. The summed E-state index contributed by atoms with van der Waals surface area (Å²) >= 11 is 0. The maximum Gasteiger partial charge on any atom is 0.103 e. The molecule has 0 radical (unpaired) electrons. The molecule has 0 amide bonds. The minimum absolute atomic E-state index is 0.0581. The van der Waals surface area contributed by atoms with E-state index in [2.05, 4.69) is 5.32 Å². The van der Waals surface area contributed by atoms with E-state index >= 15 is 0 Å². The first kappa shape index (κ1) is 11.8. The number of hydrogen-bond donors (Lipinski definition) is 5. The van der Waals surface area contributed by atoms with Gasteiger partial charge in [-0.3, -0.25) is 0 Å². The Morgan fingerprint density at radius 3 is 2.17 bits per heavy atom. The highest BCUT2D eigenvalue weighted by Gasteiger charge is 2.18. The lowest BCUT2D eigenvalue weighted by atomic mass is 10.1. The van der Waals surface area contributed by atoms with Gasteiger partial charge < -0.3 is 25.7 Å². The lowest BCUT2D eigenvalue weighted by molar-refractivity contribution is -0.0357. The average molecular weight is 179 g/mol. The molecule has 5 nitrogen and oxygen atoms in total.